The Labute approximate surface area is 148 Å². The van der Waals surface area contributed by atoms with Crippen molar-refractivity contribution in [3.8, 4) is 0 Å². The molecule has 2 N–H and O–H groups in total. The SMILES string of the molecule is CC(C)Cn1nnc(NC(=S)NC(=O)c2cc(Cl)ccc2Cl)n1. The first-order valence-electron chi connectivity index (χ1n) is 6.70. The van der Waals surface area contributed by atoms with E-state index in [4.69, 9.17) is 35.4 Å². The van der Waals surface area contributed by atoms with Gasteiger partial charge in [-0.2, -0.15) is 4.80 Å². The number of carbonyl (C=O) groups is 1. The first-order chi connectivity index (χ1) is 10.8. The van der Waals surface area contributed by atoms with Gasteiger partial charge in [0.2, 0.25) is 0 Å². The minimum Gasteiger partial charge on any atom is -0.299 e. The largest absolute Gasteiger partial charge is 0.299 e. The Balaban J connectivity index is 1.97. The molecule has 0 aliphatic carbocycles. The molecule has 122 valence electrons. The van der Waals surface area contributed by atoms with Gasteiger partial charge in [-0.25, -0.2) is 0 Å². The fourth-order valence-electron chi connectivity index (χ4n) is 1.67. The maximum atomic E-state index is 12.1. The van der Waals surface area contributed by atoms with Gasteiger partial charge in [-0.3, -0.25) is 15.4 Å². The molecule has 2 rings (SSSR count). The van der Waals surface area contributed by atoms with Crippen LogP contribution in [-0.2, 0) is 6.54 Å². The molecule has 2 aromatic rings. The van der Waals surface area contributed by atoms with Crippen molar-refractivity contribution in [3.05, 3.63) is 33.8 Å². The molecule has 1 aromatic carbocycles. The third kappa shape index (κ3) is 5.12. The number of hydrogen-bond donors (Lipinski definition) is 2. The fraction of sp³-hybridized carbons (Fsp3) is 0.308. The second-order valence-corrected chi connectivity index (χ2v) is 6.35. The van der Waals surface area contributed by atoms with E-state index in [1.54, 1.807) is 6.07 Å². The molecule has 1 amide bonds. The summed E-state index contributed by atoms with van der Waals surface area (Å²) in [6.45, 7) is 4.71. The number of rotatable bonds is 4. The first-order valence-corrected chi connectivity index (χ1v) is 7.86. The van der Waals surface area contributed by atoms with E-state index in [1.165, 1.54) is 16.9 Å². The number of nitrogens with zero attached hydrogens (tertiary/aromatic N) is 4. The normalized spacial score (nSPS) is 10.7. The van der Waals surface area contributed by atoms with Gasteiger partial charge in [0.15, 0.2) is 5.11 Å². The number of aromatic nitrogens is 4. The van der Waals surface area contributed by atoms with E-state index in [9.17, 15) is 4.79 Å². The highest BCUT2D eigenvalue weighted by Gasteiger charge is 2.14. The van der Waals surface area contributed by atoms with Crippen molar-refractivity contribution < 1.29 is 4.79 Å². The minimum atomic E-state index is -0.482. The van der Waals surface area contributed by atoms with Gasteiger partial charge in [-0.1, -0.05) is 42.1 Å². The summed E-state index contributed by atoms with van der Waals surface area (Å²) in [5.74, 6) is 0.103. The highest BCUT2D eigenvalue weighted by molar-refractivity contribution is 7.80. The van der Waals surface area contributed by atoms with Crippen molar-refractivity contribution in [3.63, 3.8) is 0 Å². The van der Waals surface area contributed by atoms with Crippen LogP contribution >= 0.6 is 35.4 Å². The van der Waals surface area contributed by atoms with E-state index < -0.39 is 5.91 Å². The zero-order valence-corrected chi connectivity index (χ0v) is 14.7. The number of thiocarbonyl (C=S) groups is 1. The van der Waals surface area contributed by atoms with Crippen molar-refractivity contribution in [2.45, 2.75) is 20.4 Å². The smallest absolute Gasteiger partial charge is 0.269 e. The monoisotopic (exact) mass is 372 g/mol. The number of halogens is 2. The standard InChI is InChI=1S/C13H14Cl2N6OS/c1-7(2)6-21-19-12(18-20-21)17-13(23)16-11(22)9-5-8(14)3-4-10(9)15/h3-5,7H,6H2,1-2H3,(H2,16,17,19,22,23). The van der Waals surface area contributed by atoms with Crippen LogP contribution in [0.4, 0.5) is 5.95 Å². The van der Waals surface area contributed by atoms with E-state index >= 15 is 0 Å². The Morgan fingerprint density at radius 3 is 2.83 bits per heavy atom. The first kappa shape index (κ1) is 17.6. The summed E-state index contributed by atoms with van der Waals surface area (Å²) >= 11 is 16.9. The molecule has 0 bridgehead atoms. The van der Waals surface area contributed by atoms with Crippen molar-refractivity contribution in [2.75, 3.05) is 5.32 Å². The maximum Gasteiger partial charge on any atom is 0.269 e. The van der Waals surface area contributed by atoms with Crippen LogP contribution in [0.25, 0.3) is 0 Å². The van der Waals surface area contributed by atoms with E-state index in [-0.39, 0.29) is 21.6 Å². The van der Waals surface area contributed by atoms with E-state index in [0.29, 0.717) is 17.5 Å². The lowest BCUT2D eigenvalue weighted by molar-refractivity contribution is 0.0978. The van der Waals surface area contributed by atoms with Gasteiger partial charge >= 0.3 is 0 Å². The lowest BCUT2D eigenvalue weighted by Crippen LogP contribution is -2.34. The summed E-state index contributed by atoms with van der Waals surface area (Å²) in [5, 5.41) is 17.7. The molecule has 0 aliphatic heterocycles. The van der Waals surface area contributed by atoms with Crippen molar-refractivity contribution in [1.29, 1.82) is 0 Å². The Morgan fingerprint density at radius 2 is 2.13 bits per heavy atom. The summed E-state index contributed by atoms with van der Waals surface area (Å²) < 4.78 is 0. The van der Waals surface area contributed by atoms with Crippen LogP contribution in [0.15, 0.2) is 18.2 Å². The molecule has 0 fully saturated rings. The van der Waals surface area contributed by atoms with Gasteiger partial charge < -0.3 is 0 Å². The molecule has 0 saturated heterocycles. The molecular formula is C13H14Cl2N6OS. The highest BCUT2D eigenvalue weighted by Crippen LogP contribution is 2.20. The van der Waals surface area contributed by atoms with Crippen LogP contribution < -0.4 is 10.6 Å². The molecule has 7 nitrogen and oxygen atoms in total. The molecule has 0 unspecified atom stereocenters. The maximum absolute atomic E-state index is 12.1. The number of hydrogen-bond acceptors (Lipinski definition) is 5. The summed E-state index contributed by atoms with van der Waals surface area (Å²) in [5.41, 5.74) is 0.222. The molecule has 0 atom stereocenters. The Morgan fingerprint density at radius 1 is 1.39 bits per heavy atom. The summed E-state index contributed by atoms with van der Waals surface area (Å²) in [7, 11) is 0. The van der Waals surface area contributed by atoms with Crippen molar-refractivity contribution >= 4 is 52.4 Å². The minimum absolute atomic E-state index is 0.0372. The van der Waals surface area contributed by atoms with E-state index in [2.05, 4.69) is 26.0 Å². The topological polar surface area (TPSA) is 84.7 Å². The lowest BCUT2D eigenvalue weighted by Gasteiger charge is -2.08. The zero-order valence-electron chi connectivity index (χ0n) is 12.4. The predicted molar refractivity (Wildman–Crippen MR) is 92.8 cm³/mol. The summed E-state index contributed by atoms with van der Waals surface area (Å²) in [6, 6.07) is 4.58. The van der Waals surface area contributed by atoms with Gasteiger partial charge in [0, 0.05) is 5.02 Å². The third-order valence-corrected chi connectivity index (χ3v) is 3.38. The molecule has 10 heteroatoms. The van der Waals surface area contributed by atoms with Gasteiger partial charge in [0.05, 0.1) is 17.1 Å². The average molecular weight is 373 g/mol. The number of anilines is 1. The van der Waals surface area contributed by atoms with Gasteiger partial charge in [-0.15, -0.1) is 5.10 Å². The molecule has 23 heavy (non-hydrogen) atoms. The molecule has 0 aliphatic rings. The fourth-order valence-corrected chi connectivity index (χ4v) is 2.23. The van der Waals surface area contributed by atoms with Crippen molar-refractivity contribution in [1.82, 2.24) is 25.5 Å². The van der Waals surface area contributed by atoms with Gasteiger partial charge in [0.25, 0.3) is 11.9 Å². The van der Waals surface area contributed by atoms with Gasteiger partial charge in [-0.05, 0) is 41.5 Å². The second-order valence-electron chi connectivity index (χ2n) is 5.09. The number of tetrazole rings is 1. The van der Waals surface area contributed by atoms with Crippen molar-refractivity contribution in [2.24, 2.45) is 5.92 Å². The number of benzene rings is 1. The zero-order chi connectivity index (χ0) is 17.0. The molecule has 0 saturated carbocycles. The van der Waals surface area contributed by atoms with Crippen LogP contribution in [0, 0.1) is 5.92 Å². The van der Waals surface area contributed by atoms with Gasteiger partial charge in [0.1, 0.15) is 0 Å². The summed E-state index contributed by atoms with van der Waals surface area (Å²) in [4.78, 5) is 13.6. The molecule has 0 radical (unpaired) electrons. The number of carbonyl (C=O) groups excluding carboxylic acids is 1. The molecule has 0 spiro atoms. The molecule has 1 heterocycles. The van der Waals surface area contributed by atoms with E-state index in [1.807, 2.05) is 13.8 Å². The van der Waals surface area contributed by atoms with Crippen LogP contribution in [-0.4, -0.2) is 31.2 Å². The number of amides is 1. The van der Waals surface area contributed by atoms with Crippen LogP contribution in [0.1, 0.15) is 24.2 Å². The average Bonchev–Trinajstić information content (AvgIpc) is 2.87. The second kappa shape index (κ2) is 7.67. The van der Waals surface area contributed by atoms with Crippen LogP contribution in [0.3, 0.4) is 0 Å². The highest BCUT2D eigenvalue weighted by atomic mass is 35.5. The Hall–Kier alpha value is -1.77. The Bertz CT molecular complexity index is 733. The Kier molecular flexibility index (Phi) is 5.86. The summed E-state index contributed by atoms with van der Waals surface area (Å²) in [6.07, 6.45) is 0. The van der Waals surface area contributed by atoms with Crippen LogP contribution in [0.5, 0.6) is 0 Å². The number of nitrogens with one attached hydrogen (secondary N) is 2. The predicted octanol–water partition coefficient (Wildman–Crippen LogP) is 2.76. The van der Waals surface area contributed by atoms with Crippen LogP contribution in [0.2, 0.25) is 10.0 Å². The lowest BCUT2D eigenvalue weighted by atomic mass is 10.2. The third-order valence-electron chi connectivity index (χ3n) is 2.61. The molecular weight excluding hydrogens is 359 g/mol. The molecule has 1 aromatic heterocycles. The van der Waals surface area contributed by atoms with E-state index in [0.717, 1.165) is 0 Å². The quantitative estimate of drug-likeness (QED) is 0.802.